The van der Waals surface area contributed by atoms with Gasteiger partial charge in [-0.15, -0.1) is 0 Å². The lowest BCUT2D eigenvalue weighted by Gasteiger charge is -2.24. The number of nitrogens with one attached hydrogen (secondary N) is 1. The molecule has 3 aromatic rings. The monoisotopic (exact) mass is 482 g/mol. The third-order valence-electron chi connectivity index (χ3n) is 5.91. The summed E-state index contributed by atoms with van der Waals surface area (Å²) in [5.41, 5.74) is -0.474. The molecule has 0 amide bonds. The molecule has 1 aromatic heterocycles. The lowest BCUT2D eigenvalue weighted by molar-refractivity contribution is -0.137. The molecule has 0 bridgehead atoms. The molecule has 1 aliphatic carbocycles. The number of alkyl halides is 3. The quantitative estimate of drug-likeness (QED) is 0.412. The minimum absolute atomic E-state index is 0.119. The zero-order valence-electron chi connectivity index (χ0n) is 18.6. The molecule has 9 heteroatoms. The molecule has 1 N–H and O–H groups in total. The van der Waals surface area contributed by atoms with Crippen LogP contribution in [0.5, 0.6) is 0 Å². The van der Waals surface area contributed by atoms with Crippen molar-refractivity contribution < 1.29 is 26.5 Å². The largest absolute Gasteiger partial charge is 0.417 e. The van der Waals surface area contributed by atoms with Crippen molar-refractivity contribution in [3.8, 4) is 11.1 Å². The summed E-state index contributed by atoms with van der Waals surface area (Å²) in [4.78, 5) is 0. The standard InChI is InChI=1S/C24H26F4N2O2S/c1-23(2,32-3)14-30-13-15(12-29-33(31)16-8-9-16)18-10-21(25)19(11-22(18)30)17-6-4-5-7-20(17)24(26,27)28/h4-7,10-11,13,16,29H,8-9,12,14H2,1-3H3. The van der Waals surface area contributed by atoms with Gasteiger partial charge < -0.3 is 9.30 Å². The average molecular weight is 483 g/mol. The Morgan fingerprint density at radius 1 is 1.15 bits per heavy atom. The van der Waals surface area contributed by atoms with E-state index in [1.54, 1.807) is 7.11 Å². The van der Waals surface area contributed by atoms with E-state index in [4.69, 9.17) is 4.74 Å². The van der Waals surface area contributed by atoms with E-state index in [0.29, 0.717) is 17.4 Å². The van der Waals surface area contributed by atoms with Crippen molar-refractivity contribution in [2.45, 2.75) is 56.8 Å². The van der Waals surface area contributed by atoms with Gasteiger partial charge in [-0.05, 0) is 56.0 Å². The van der Waals surface area contributed by atoms with Gasteiger partial charge in [0.05, 0.1) is 28.7 Å². The van der Waals surface area contributed by atoms with Crippen LogP contribution in [0.25, 0.3) is 22.0 Å². The van der Waals surface area contributed by atoms with Gasteiger partial charge in [0.2, 0.25) is 0 Å². The van der Waals surface area contributed by atoms with E-state index in [-0.39, 0.29) is 22.9 Å². The summed E-state index contributed by atoms with van der Waals surface area (Å²) in [6.45, 7) is 4.44. The second-order valence-electron chi connectivity index (χ2n) is 8.96. The van der Waals surface area contributed by atoms with E-state index in [1.165, 1.54) is 30.3 Å². The molecule has 1 fully saturated rings. The number of fused-ring (bicyclic) bond motifs is 1. The smallest absolute Gasteiger partial charge is 0.377 e. The van der Waals surface area contributed by atoms with Gasteiger partial charge >= 0.3 is 6.18 Å². The first kappa shape index (κ1) is 23.9. The third-order valence-corrected chi connectivity index (χ3v) is 7.42. The second-order valence-corrected chi connectivity index (χ2v) is 10.5. The van der Waals surface area contributed by atoms with Crippen molar-refractivity contribution in [2.24, 2.45) is 0 Å². The Labute approximate surface area is 192 Å². The van der Waals surface area contributed by atoms with Crippen LogP contribution in [0.3, 0.4) is 0 Å². The van der Waals surface area contributed by atoms with Crippen molar-refractivity contribution in [3.63, 3.8) is 0 Å². The number of methoxy groups -OCH3 is 1. The number of nitrogens with zero attached hydrogens (tertiary/aromatic N) is 1. The fourth-order valence-electron chi connectivity index (χ4n) is 3.85. The van der Waals surface area contributed by atoms with Gasteiger partial charge in [0, 0.05) is 41.6 Å². The van der Waals surface area contributed by atoms with Gasteiger partial charge in [0.25, 0.3) is 0 Å². The highest BCUT2D eigenvalue weighted by Gasteiger charge is 2.34. The van der Waals surface area contributed by atoms with Crippen LogP contribution in [-0.2, 0) is 35.0 Å². The van der Waals surface area contributed by atoms with Crippen LogP contribution < -0.4 is 4.72 Å². The lowest BCUT2D eigenvalue weighted by Crippen LogP contribution is -2.28. The normalized spacial score (nSPS) is 15.8. The van der Waals surface area contributed by atoms with E-state index in [2.05, 4.69) is 4.72 Å². The highest BCUT2D eigenvalue weighted by Crippen LogP contribution is 2.39. The molecule has 178 valence electrons. The van der Waals surface area contributed by atoms with Crippen LogP contribution in [0.2, 0.25) is 0 Å². The van der Waals surface area contributed by atoms with Crippen LogP contribution >= 0.6 is 0 Å². The van der Waals surface area contributed by atoms with E-state index in [9.17, 15) is 17.4 Å². The maximum atomic E-state index is 15.2. The molecule has 0 spiro atoms. The maximum absolute atomic E-state index is 15.2. The van der Waals surface area contributed by atoms with E-state index in [1.807, 2.05) is 24.6 Å². The molecule has 1 saturated carbocycles. The number of benzene rings is 2. The summed E-state index contributed by atoms with van der Waals surface area (Å²) in [5.74, 6) is -0.743. The Bertz CT molecular complexity index is 1200. The van der Waals surface area contributed by atoms with Crippen molar-refractivity contribution in [1.29, 1.82) is 0 Å². The minimum Gasteiger partial charge on any atom is -0.377 e. The second kappa shape index (κ2) is 8.85. The third kappa shape index (κ3) is 5.15. The summed E-state index contributed by atoms with van der Waals surface area (Å²) in [5, 5.41) is 0.709. The molecule has 1 atom stereocenters. The number of aromatic nitrogens is 1. The molecule has 1 unspecified atom stereocenters. The summed E-state index contributed by atoms with van der Waals surface area (Å²) < 4.78 is 78.6. The van der Waals surface area contributed by atoms with Crippen molar-refractivity contribution in [1.82, 2.24) is 9.29 Å². The first-order valence-electron chi connectivity index (χ1n) is 10.7. The number of hydrogen-bond donors (Lipinski definition) is 1. The predicted molar refractivity (Wildman–Crippen MR) is 121 cm³/mol. The zero-order chi connectivity index (χ0) is 24.0. The van der Waals surface area contributed by atoms with E-state index >= 15 is 4.39 Å². The summed E-state index contributed by atoms with van der Waals surface area (Å²) in [6.07, 6.45) is -0.957. The Balaban J connectivity index is 1.83. The van der Waals surface area contributed by atoms with Crippen LogP contribution in [0.4, 0.5) is 17.6 Å². The number of halogens is 4. The number of hydrogen-bond acceptors (Lipinski definition) is 2. The fraction of sp³-hybridized carbons (Fsp3) is 0.417. The predicted octanol–water partition coefficient (Wildman–Crippen LogP) is 5.81. The molecular formula is C24H26F4N2O2S. The Kier molecular flexibility index (Phi) is 6.41. The van der Waals surface area contributed by atoms with E-state index in [0.717, 1.165) is 24.5 Å². The number of ether oxygens (including phenoxy) is 1. The molecule has 1 heterocycles. The van der Waals surface area contributed by atoms with Gasteiger partial charge in [-0.25, -0.2) is 13.3 Å². The van der Waals surface area contributed by atoms with Crippen LogP contribution in [0.1, 0.15) is 37.8 Å². The first-order valence-corrected chi connectivity index (χ1v) is 11.9. The van der Waals surface area contributed by atoms with Crippen molar-refractivity contribution in [2.75, 3.05) is 7.11 Å². The molecule has 1 aliphatic rings. The van der Waals surface area contributed by atoms with E-state index < -0.39 is 34.1 Å². The summed E-state index contributed by atoms with van der Waals surface area (Å²) in [7, 11) is 0.410. The van der Waals surface area contributed by atoms with Crippen LogP contribution in [0, 0.1) is 5.82 Å². The molecule has 0 radical (unpaired) electrons. The van der Waals surface area contributed by atoms with Gasteiger partial charge in [0.1, 0.15) is 5.82 Å². The molecule has 0 saturated heterocycles. The van der Waals surface area contributed by atoms with Crippen LogP contribution in [0.15, 0.2) is 42.6 Å². The molecule has 0 aliphatic heterocycles. The van der Waals surface area contributed by atoms with Crippen molar-refractivity contribution in [3.05, 3.63) is 59.5 Å². The van der Waals surface area contributed by atoms with Gasteiger partial charge in [-0.3, -0.25) is 0 Å². The first-order chi connectivity index (χ1) is 15.5. The fourth-order valence-corrected chi connectivity index (χ4v) is 4.95. The molecule has 4 nitrogen and oxygen atoms in total. The average Bonchev–Trinajstić information content (AvgIpc) is 3.56. The maximum Gasteiger partial charge on any atom is 0.417 e. The highest BCUT2D eigenvalue weighted by molar-refractivity contribution is 7.83. The zero-order valence-corrected chi connectivity index (χ0v) is 19.4. The molecule has 2 aromatic carbocycles. The minimum atomic E-state index is -4.61. The molecule has 33 heavy (non-hydrogen) atoms. The van der Waals surface area contributed by atoms with Gasteiger partial charge in [-0.2, -0.15) is 13.2 Å². The SMILES string of the molecule is COC(C)(C)Cn1cc(CNS(=O)C2CC2)c2cc(F)c(-c3ccccc3C(F)(F)F)cc21. The Hall–Kier alpha value is -2.23. The number of rotatable bonds is 8. The molecular weight excluding hydrogens is 456 g/mol. The Morgan fingerprint density at radius 2 is 1.85 bits per heavy atom. The van der Waals surface area contributed by atoms with Crippen LogP contribution in [-0.4, -0.2) is 26.7 Å². The van der Waals surface area contributed by atoms with Gasteiger partial charge in [0.15, 0.2) is 0 Å². The lowest BCUT2D eigenvalue weighted by atomic mass is 9.97. The highest BCUT2D eigenvalue weighted by atomic mass is 32.2. The topological polar surface area (TPSA) is 43.3 Å². The molecule has 4 rings (SSSR count). The van der Waals surface area contributed by atoms with Gasteiger partial charge in [-0.1, -0.05) is 18.2 Å². The Morgan fingerprint density at radius 3 is 2.48 bits per heavy atom. The summed E-state index contributed by atoms with van der Waals surface area (Å²) >= 11 is 0. The summed E-state index contributed by atoms with van der Waals surface area (Å²) in [6, 6.07) is 7.71. The van der Waals surface area contributed by atoms with Crippen molar-refractivity contribution >= 4 is 21.9 Å².